The molecule has 0 aliphatic carbocycles. The highest BCUT2D eigenvalue weighted by atomic mass is 16.1. The van der Waals surface area contributed by atoms with Crippen molar-refractivity contribution >= 4 is 6.08 Å². The number of nitrogens with zero attached hydrogens (tertiary/aromatic N) is 2. The molecule has 96 valence electrons. The molecule has 1 heterocycles. The third-order valence-corrected chi connectivity index (χ3v) is 3.73. The molecule has 2 rings (SSSR count). The van der Waals surface area contributed by atoms with Crippen molar-refractivity contribution in [1.29, 1.82) is 0 Å². The molecule has 0 amide bonds. The summed E-state index contributed by atoms with van der Waals surface area (Å²) in [5, 5.41) is 0. The van der Waals surface area contributed by atoms with Gasteiger partial charge in [0, 0.05) is 0 Å². The predicted octanol–water partition coefficient (Wildman–Crippen LogP) is 2.72. The van der Waals surface area contributed by atoms with E-state index < -0.39 is 0 Å². The third kappa shape index (κ3) is 3.52. The number of benzene rings is 1. The number of likely N-dealkylation sites (tertiary alicyclic amines) is 1. The molecule has 1 aromatic carbocycles. The SMILES string of the molecule is CN1CCCC(c2ccc(CN=C=O)cc2)CC1. The van der Waals surface area contributed by atoms with Crippen molar-refractivity contribution in [3.8, 4) is 0 Å². The summed E-state index contributed by atoms with van der Waals surface area (Å²) in [5.41, 5.74) is 2.50. The van der Waals surface area contributed by atoms with Crippen molar-refractivity contribution in [2.24, 2.45) is 4.99 Å². The van der Waals surface area contributed by atoms with E-state index in [-0.39, 0.29) is 0 Å². The first-order chi connectivity index (χ1) is 8.79. The monoisotopic (exact) mass is 244 g/mol. The van der Waals surface area contributed by atoms with Gasteiger partial charge >= 0.3 is 0 Å². The maximum atomic E-state index is 10.1. The summed E-state index contributed by atoms with van der Waals surface area (Å²) in [5.74, 6) is 0.679. The second-order valence-corrected chi connectivity index (χ2v) is 5.08. The standard InChI is InChI=1S/C15H20N2O/c1-17-9-2-3-14(8-10-17)15-6-4-13(5-7-15)11-16-12-18/h4-7,14H,2-3,8-11H2,1H3. The zero-order chi connectivity index (χ0) is 12.8. The lowest BCUT2D eigenvalue weighted by atomic mass is 9.91. The van der Waals surface area contributed by atoms with Crippen molar-refractivity contribution < 1.29 is 4.79 Å². The highest BCUT2D eigenvalue weighted by Gasteiger charge is 2.16. The van der Waals surface area contributed by atoms with Crippen LogP contribution < -0.4 is 0 Å². The maximum Gasteiger partial charge on any atom is 0.235 e. The quantitative estimate of drug-likeness (QED) is 0.605. The third-order valence-electron chi connectivity index (χ3n) is 3.73. The Balaban J connectivity index is 2.02. The van der Waals surface area contributed by atoms with Crippen LogP contribution in [0.4, 0.5) is 0 Å². The summed E-state index contributed by atoms with van der Waals surface area (Å²) < 4.78 is 0. The largest absolute Gasteiger partial charge is 0.306 e. The average Bonchev–Trinajstić information content (AvgIpc) is 2.62. The van der Waals surface area contributed by atoms with Gasteiger partial charge in [0.2, 0.25) is 6.08 Å². The van der Waals surface area contributed by atoms with E-state index in [0.29, 0.717) is 12.5 Å². The fourth-order valence-electron chi connectivity index (χ4n) is 2.59. The van der Waals surface area contributed by atoms with Gasteiger partial charge in [-0.2, -0.15) is 0 Å². The lowest BCUT2D eigenvalue weighted by molar-refractivity contribution is 0.347. The van der Waals surface area contributed by atoms with Crippen molar-refractivity contribution in [1.82, 2.24) is 4.90 Å². The van der Waals surface area contributed by atoms with Crippen molar-refractivity contribution in [3.63, 3.8) is 0 Å². The normalized spacial score (nSPS) is 21.1. The molecule has 0 N–H and O–H groups in total. The fraction of sp³-hybridized carbons (Fsp3) is 0.533. The molecule has 1 fully saturated rings. The molecule has 0 radical (unpaired) electrons. The van der Waals surface area contributed by atoms with Crippen LogP contribution in [0.15, 0.2) is 29.3 Å². The molecule has 18 heavy (non-hydrogen) atoms. The van der Waals surface area contributed by atoms with Crippen LogP contribution in [0.5, 0.6) is 0 Å². The van der Waals surface area contributed by atoms with Gasteiger partial charge in [-0.05, 0) is 56.4 Å². The first kappa shape index (κ1) is 13.0. The van der Waals surface area contributed by atoms with Gasteiger partial charge in [-0.3, -0.25) is 0 Å². The van der Waals surface area contributed by atoms with Crippen LogP contribution in [0.2, 0.25) is 0 Å². The van der Waals surface area contributed by atoms with E-state index in [2.05, 4.69) is 41.2 Å². The Hall–Kier alpha value is -1.44. The van der Waals surface area contributed by atoms with E-state index in [1.54, 1.807) is 6.08 Å². The van der Waals surface area contributed by atoms with E-state index >= 15 is 0 Å². The molecule has 1 atom stereocenters. The molecule has 1 saturated heterocycles. The number of rotatable bonds is 3. The first-order valence-corrected chi connectivity index (χ1v) is 6.60. The second-order valence-electron chi connectivity index (χ2n) is 5.08. The van der Waals surface area contributed by atoms with Crippen LogP contribution in [0, 0.1) is 0 Å². The lowest BCUT2D eigenvalue weighted by Gasteiger charge is -2.15. The average molecular weight is 244 g/mol. The van der Waals surface area contributed by atoms with Crippen molar-refractivity contribution in [2.75, 3.05) is 20.1 Å². The van der Waals surface area contributed by atoms with Crippen LogP contribution in [0.1, 0.15) is 36.3 Å². The Morgan fingerprint density at radius 2 is 2.06 bits per heavy atom. The van der Waals surface area contributed by atoms with Gasteiger partial charge in [-0.25, -0.2) is 9.79 Å². The van der Waals surface area contributed by atoms with Gasteiger partial charge in [-0.1, -0.05) is 24.3 Å². The molecule has 1 aromatic rings. The minimum Gasteiger partial charge on any atom is -0.306 e. The summed E-state index contributed by atoms with van der Waals surface area (Å²) in [7, 11) is 2.20. The number of isocyanates is 1. The minimum absolute atomic E-state index is 0.442. The van der Waals surface area contributed by atoms with Crippen LogP contribution in [-0.4, -0.2) is 31.1 Å². The molecular formula is C15H20N2O. The topological polar surface area (TPSA) is 32.7 Å². The summed E-state index contributed by atoms with van der Waals surface area (Å²) in [4.78, 5) is 16.1. The Labute approximate surface area is 109 Å². The van der Waals surface area contributed by atoms with Crippen molar-refractivity contribution in [3.05, 3.63) is 35.4 Å². The maximum absolute atomic E-state index is 10.1. The summed E-state index contributed by atoms with van der Waals surface area (Å²) >= 11 is 0. The first-order valence-electron chi connectivity index (χ1n) is 6.60. The molecule has 1 aliphatic heterocycles. The van der Waals surface area contributed by atoms with Crippen LogP contribution in [0.3, 0.4) is 0 Å². The molecule has 3 heteroatoms. The van der Waals surface area contributed by atoms with Crippen LogP contribution in [0.25, 0.3) is 0 Å². The molecule has 0 spiro atoms. The van der Waals surface area contributed by atoms with Crippen molar-refractivity contribution in [2.45, 2.75) is 31.7 Å². The Bertz CT molecular complexity index is 421. The minimum atomic E-state index is 0.442. The van der Waals surface area contributed by atoms with Gasteiger partial charge in [0.25, 0.3) is 0 Å². The zero-order valence-corrected chi connectivity index (χ0v) is 10.9. The Morgan fingerprint density at radius 3 is 2.78 bits per heavy atom. The lowest BCUT2D eigenvalue weighted by Crippen LogP contribution is -2.18. The summed E-state index contributed by atoms with van der Waals surface area (Å²) in [6, 6.07) is 8.52. The smallest absolute Gasteiger partial charge is 0.235 e. The van der Waals surface area contributed by atoms with E-state index in [1.165, 1.54) is 37.9 Å². The van der Waals surface area contributed by atoms with Gasteiger partial charge in [0.15, 0.2) is 0 Å². The van der Waals surface area contributed by atoms with Gasteiger partial charge in [0.05, 0.1) is 6.54 Å². The van der Waals surface area contributed by atoms with E-state index in [1.807, 2.05) is 0 Å². The molecule has 0 bridgehead atoms. The van der Waals surface area contributed by atoms with Gasteiger partial charge in [-0.15, -0.1) is 0 Å². The summed E-state index contributed by atoms with van der Waals surface area (Å²) in [6.07, 6.45) is 5.37. The van der Waals surface area contributed by atoms with Gasteiger partial charge < -0.3 is 4.90 Å². The number of hydrogen-bond donors (Lipinski definition) is 0. The van der Waals surface area contributed by atoms with E-state index in [9.17, 15) is 4.79 Å². The molecule has 3 nitrogen and oxygen atoms in total. The van der Waals surface area contributed by atoms with E-state index in [4.69, 9.17) is 0 Å². The number of carbonyl (C=O) groups excluding carboxylic acids is 1. The highest BCUT2D eigenvalue weighted by Crippen LogP contribution is 2.27. The molecule has 0 aromatic heterocycles. The fourth-order valence-corrected chi connectivity index (χ4v) is 2.59. The molecule has 1 aliphatic rings. The number of hydrogen-bond acceptors (Lipinski definition) is 3. The van der Waals surface area contributed by atoms with Crippen LogP contribution in [-0.2, 0) is 11.3 Å². The molecule has 1 unspecified atom stereocenters. The number of aliphatic imine (C=N–C) groups is 1. The zero-order valence-electron chi connectivity index (χ0n) is 10.9. The van der Waals surface area contributed by atoms with E-state index in [0.717, 1.165) is 5.56 Å². The molecular weight excluding hydrogens is 224 g/mol. The Kier molecular flexibility index (Phi) is 4.68. The summed E-state index contributed by atoms with van der Waals surface area (Å²) in [6.45, 7) is 2.83. The Morgan fingerprint density at radius 1 is 1.28 bits per heavy atom. The second kappa shape index (κ2) is 6.48. The van der Waals surface area contributed by atoms with Gasteiger partial charge in [0.1, 0.15) is 0 Å². The predicted molar refractivity (Wildman–Crippen MR) is 72.4 cm³/mol. The highest BCUT2D eigenvalue weighted by molar-refractivity contribution is 5.34. The van der Waals surface area contributed by atoms with Crippen LogP contribution >= 0.6 is 0 Å². The molecule has 0 saturated carbocycles.